The molecule has 0 saturated heterocycles. The Morgan fingerprint density at radius 2 is 0.519 bits per heavy atom. The topological polar surface area (TPSA) is 59.3 Å². The Morgan fingerprint density at radius 1 is 0.260 bits per heavy atom. The highest BCUT2D eigenvalue weighted by molar-refractivity contribution is 6.15. The second-order valence-corrected chi connectivity index (χ2v) is 18.4. The number of aromatic nitrogens is 2. The summed E-state index contributed by atoms with van der Waals surface area (Å²) in [5, 5.41) is 12.6. The zero-order valence-corrected chi connectivity index (χ0v) is 42.1. The Kier molecular flexibility index (Phi) is 13.4. The van der Waals surface area contributed by atoms with Crippen molar-refractivity contribution in [2.45, 2.75) is 0 Å². The van der Waals surface area contributed by atoms with Crippen molar-refractivity contribution in [2.24, 2.45) is 0 Å². The van der Waals surface area contributed by atoms with Gasteiger partial charge >= 0.3 is 0 Å². The maximum absolute atomic E-state index is 12.6. The lowest BCUT2D eigenvalue weighted by Gasteiger charge is -2.33. The van der Waals surface area contributed by atoms with E-state index in [9.17, 15) is 5.26 Å². The molecule has 0 amide bonds. The molecule has 12 rings (SSSR count). The summed E-state index contributed by atoms with van der Waals surface area (Å²) in [6.07, 6.45) is 7.48. The number of para-hydroxylation sites is 9. The largest absolute Gasteiger partial charge is 0.310 e. The van der Waals surface area contributed by atoms with Gasteiger partial charge in [-0.15, -0.1) is 0 Å². The molecule has 0 saturated carbocycles. The zero-order chi connectivity index (χ0) is 51.8. The molecule has 0 atom stereocenters. The van der Waals surface area contributed by atoms with Gasteiger partial charge in [-0.3, -0.25) is 9.97 Å². The van der Waals surface area contributed by atoms with E-state index < -0.39 is 0 Å². The monoisotopic (exact) mass is 986 g/mol. The predicted octanol–water partition coefficient (Wildman–Crippen LogP) is 19.1. The maximum Gasteiger partial charge on any atom is 0.100 e. The summed E-state index contributed by atoms with van der Waals surface area (Å²) in [6, 6.07) is 99.6. The molecule has 2 heterocycles. The smallest absolute Gasteiger partial charge is 0.100 e. The predicted molar refractivity (Wildman–Crippen MR) is 318 cm³/mol. The number of hydrogen-bond acceptors (Lipinski definition) is 6. The van der Waals surface area contributed by atoms with Crippen LogP contribution in [0.5, 0.6) is 0 Å². The Hall–Kier alpha value is -10.6. The van der Waals surface area contributed by atoms with E-state index >= 15 is 0 Å². The third-order valence-corrected chi connectivity index (χ3v) is 13.8. The molecular weight excluding hydrogens is 937 g/mol. The van der Waals surface area contributed by atoms with Crippen molar-refractivity contribution in [3.05, 3.63) is 309 Å². The third kappa shape index (κ3) is 9.27. The molecule has 12 aromatic rings. The van der Waals surface area contributed by atoms with Gasteiger partial charge in [-0.05, 0) is 103 Å². The average Bonchev–Trinajstić information content (AvgIpc) is 3.54. The summed E-state index contributed by atoms with van der Waals surface area (Å²) >= 11 is 0. The SMILES string of the molecule is N#Cc1c(-c2ccccc2N(c2ccccc2)c2ccccc2)c(-c2cccnc2)c(-c2ccccc2N(c2ccccc2)c2ccccc2)c(-c2cccnc2)c1-c1ccccc1N(c1ccccc1)c1ccccc1. The van der Waals surface area contributed by atoms with Crippen molar-refractivity contribution in [1.82, 2.24) is 9.97 Å². The number of hydrogen-bond donors (Lipinski definition) is 0. The van der Waals surface area contributed by atoms with Gasteiger partial charge in [-0.2, -0.15) is 5.26 Å². The van der Waals surface area contributed by atoms with Gasteiger partial charge in [-0.25, -0.2) is 0 Å². The van der Waals surface area contributed by atoms with Crippen LogP contribution in [0.25, 0.3) is 55.6 Å². The van der Waals surface area contributed by atoms with Crippen LogP contribution in [0.15, 0.2) is 304 Å². The van der Waals surface area contributed by atoms with E-state index in [1.54, 1.807) is 0 Å². The van der Waals surface area contributed by atoms with Crippen molar-refractivity contribution in [3.8, 4) is 61.7 Å². The Morgan fingerprint density at radius 3 is 0.779 bits per heavy atom. The standard InChI is InChI=1S/C71H50N6/c72-49-63-69(60-41-19-22-44-64(60)75(54-29-7-1-8-30-54)55-31-9-2-10-32-55)67(52-27-25-47-73-50-52)71(62-43-21-24-46-66(62)77(58-37-15-5-16-38-58)59-39-17-6-18-40-59)68(53-28-26-48-74-51-53)70(63)61-42-20-23-45-65(61)76(56-33-11-3-12-34-56)57-35-13-4-14-36-57/h1-48,50-51H. The fourth-order valence-electron chi connectivity index (χ4n) is 10.7. The van der Waals surface area contributed by atoms with Crippen LogP contribution in [0, 0.1) is 11.3 Å². The summed E-state index contributed by atoms with van der Waals surface area (Å²) in [5.74, 6) is 0. The molecule has 10 aromatic carbocycles. The Balaban J connectivity index is 1.31. The van der Waals surface area contributed by atoms with E-state index in [-0.39, 0.29) is 0 Å². The second-order valence-electron chi connectivity index (χ2n) is 18.4. The van der Waals surface area contributed by atoms with Gasteiger partial charge in [0, 0.05) is 115 Å². The average molecular weight is 987 g/mol. The first-order valence-corrected chi connectivity index (χ1v) is 25.7. The molecule has 0 aliphatic rings. The van der Waals surface area contributed by atoms with Crippen LogP contribution in [0.3, 0.4) is 0 Å². The Bertz CT molecular complexity index is 3660. The van der Waals surface area contributed by atoms with E-state index in [0.717, 1.165) is 107 Å². The molecule has 0 radical (unpaired) electrons. The molecule has 0 fully saturated rings. The van der Waals surface area contributed by atoms with Crippen molar-refractivity contribution < 1.29 is 0 Å². The summed E-state index contributed by atoms with van der Waals surface area (Å²) in [5.41, 5.74) is 17.5. The summed E-state index contributed by atoms with van der Waals surface area (Å²) in [4.78, 5) is 16.6. The highest BCUT2D eigenvalue weighted by Crippen LogP contribution is 2.58. The van der Waals surface area contributed by atoms with Crippen molar-refractivity contribution in [1.29, 1.82) is 5.26 Å². The Labute approximate surface area is 450 Å². The molecule has 0 N–H and O–H groups in total. The summed E-state index contributed by atoms with van der Waals surface area (Å²) in [6.45, 7) is 0. The molecule has 77 heavy (non-hydrogen) atoms. The number of nitrogens with zero attached hydrogens (tertiary/aromatic N) is 6. The van der Waals surface area contributed by atoms with Crippen LogP contribution in [-0.2, 0) is 0 Å². The lowest BCUT2D eigenvalue weighted by molar-refractivity contribution is 1.27. The minimum absolute atomic E-state index is 0.494. The van der Waals surface area contributed by atoms with Crippen LogP contribution in [0.4, 0.5) is 51.2 Å². The van der Waals surface area contributed by atoms with Crippen molar-refractivity contribution in [2.75, 3.05) is 14.7 Å². The third-order valence-electron chi connectivity index (χ3n) is 13.8. The van der Waals surface area contributed by atoms with Gasteiger partial charge in [0.15, 0.2) is 0 Å². The fraction of sp³-hybridized carbons (Fsp3) is 0. The summed E-state index contributed by atoms with van der Waals surface area (Å²) < 4.78 is 0. The van der Waals surface area contributed by atoms with Gasteiger partial charge in [0.05, 0.1) is 22.6 Å². The van der Waals surface area contributed by atoms with E-state index in [1.165, 1.54) is 0 Å². The summed E-state index contributed by atoms with van der Waals surface area (Å²) in [7, 11) is 0. The highest BCUT2D eigenvalue weighted by Gasteiger charge is 2.34. The van der Waals surface area contributed by atoms with E-state index in [2.05, 4.69) is 263 Å². The number of rotatable bonds is 14. The lowest BCUT2D eigenvalue weighted by atomic mass is 9.75. The number of benzene rings is 10. The quantitative estimate of drug-likeness (QED) is 0.108. The number of anilines is 9. The minimum atomic E-state index is 0.494. The molecule has 6 nitrogen and oxygen atoms in total. The van der Waals surface area contributed by atoms with Crippen molar-refractivity contribution in [3.63, 3.8) is 0 Å². The second kappa shape index (κ2) is 21.9. The van der Waals surface area contributed by atoms with Gasteiger partial charge in [-0.1, -0.05) is 176 Å². The van der Waals surface area contributed by atoms with Gasteiger partial charge in [0.2, 0.25) is 0 Å². The molecule has 364 valence electrons. The first-order chi connectivity index (χ1) is 38.3. The molecule has 0 bridgehead atoms. The lowest BCUT2D eigenvalue weighted by Crippen LogP contribution is -2.14. The van der Waals surface area contributed by atoms with E-state index in [4.69, 9.17) is 9.97 Å². The molecule has 6 heteroatoms. The maximum atomic E-state index is 12.6. The molecule has 0 spiro atoms. The van der Waals surface area contributed by atoms with Gasteiger partial charge in [0.25, 0.3) is 0 Å². The van der Waals surface area contributed by atoms with Gasteiger partial charge in [0.1, 0.15) is 6.07 Å². The molecule has 2 aromatic heterocycles. The van der Waals surface area contributed by atoms with Crippen LogP contribution < -0.4 is 14.7 Å². The number of nitriles is 1. The van der Waals surface area contributed by atoms with E-state index in [1.807, 2.05) is 61.2 Å². The molecule has 0 unspecified atom stereocenters. The van der Waals surface area contributed by atoms with Crippen LogP contribution in [0.2, 0.25) is 0 Å². The van der Waals surface area contributed by atoms with Gasteiger partial charge < -0.3 is 14.7 Å². The fourth-order valence-corrected chi connectivity index (χ4v) is 10.7. The van der Waals surface area contributed by atoms with Crippen LogP contribution in [-0.4, -0.2) is 9.97 Å². The van der Waals surface area contributed by atoms with Crippen LogP contribution >= 0.6 is 0 Å². The first-order valence-electron chi connectivity index (χ1n) is 25.7. The molecule has 0 aliphatic carbocycles. The van der Waals surface area contributed by atoms with Crippen molar-refractivity contribution >= 4 is 51.2 Å². The van der Waals surface area contributed by atoms with Crippen LogP contribution in [0.1, 0.15) is 5.56 Å². The first kappa shape index (κ1) is 47.4. The normalized spacial score (nSPS) is 10.8. The number of pyridine rings is 2. The molecule has 0 aliphatic heterocycles. The molecular formula is C71H50N6. The highest BCUT2D eigenvalue weighted by atomic mass is 15.2. The zero-order valence-electron chi connectivity index (χ0n) is 42.1. The minimum Gasteiger partial charge on any atom is -0.310 e. The van der Waals surface area contributed by atoms with E-state index in [0.29, 0.717) is 5.56 Å².